The highest BCUT2D eigenvalue weighted by molar-refractivity contribution is 6.52. The minimum atomic E-state index is -1.19. The van der Waals surface area contributed by atoms with E-state index in [2.05, 4.69) is 5.32 Å². The topological polar surface area (TPSA) is 118 Å². The van der Waals surface area contributed by atoms with Crippen molar-refractivity contribution in [3.8, 4) is 17.2 Å². The largest absolute Gasteiger partial charge is 0.497 e. The summed E-state index contributed by atoms with van der Waals surface area (Å²) in [6.45, 7) is -0.473. The molecule has 0 spiro atoms. The van der Waals surface area contributed by atoms with E-state index < -0.39 is 36.1 Å². The average molecular weight is 637 g/mol. The number of hydrogen-bond donors (Lipinski definition) is 1. The number of ether oxygens (including phenoxy) is 3. The molecule has 0 unspecified atom stereocenters. The number of nitrogens with zero attached hydrogens (tertiary/aromatic N) is 3. The fraction of sp³-hybridized carbons (Fsp3) is 0.222. The van der Waals surface area contributed by atoms with Crippen LogP contribution in [0.5, 0.6) is 17.2 Å². The molecule has 0 saturated carbocycles. The molecule has 1 aliphatic heterocycles. The molecule has 242 valence electrons. The Morgan fingerprint density at radius 2 is 1.49 bits per heavy atom. The molecule has 4 aromatic carbocycles. The van der Waals surface area contributed by atoms with E-state index in [-0.39, 0.29) is 12.1 Å². The summed E-state index contributed by atoms with van der Waals surface area (Å²) in [5, 5.41) is 2.96. The minimum Gasteiger partial charge on any atom is -0.497 e. The van der Waals surface area contributed by atoms with Gasteiger partial charge >= 0.3 is 0 Å². The molecule has 3 amide bonds. The van der Waals surface area contributed by atoms with Crippen molar-refractivity contribution in [2.24, 2.45) is 0 Å². The first-order chi connectivity index (χ1) is 22.6. The molecule has 0 aliphatic carbocycles. The number of hydrogen-bond acceptors (Lipinski definition) is 8. The Morgan fingerprint density at radius 3 is 2.13 bits per heavy atom. The Kier molecular flexibility index (Phi) is 9.74. The van der Waals surface area contributed by atoms with E-state index in [1.807, 2.05) is 31.1 Å². The number of ketones is 1. The van der Waals surface area contributed by atoms with E-state index in [1.165, 1.54) is 19.1 Å². The van der Waals surface area contributed by atoms with E-state index >= 15 is 0 Å². The number of para-hydroxylation sites is 1. The van der Waals surface area contributed by atoms with Gasteiger partial charge in [0.25, 0.3) is 17.6 Å². The molecular formula is C36H36N4O7. The van der Waals surface area contributed by atoms with Gasteiger partial charge in [0.15, 0.2) is 11.5 Å². The van der Waals surface area contributed by atoms with Crippen LogP contribution < -0.4 is 29.3 Å². The van der Waals surface area contributed by atoms with Crippen molar-refractivity contribution < 1.29 is 33.4 Å². The lowest BCUT2D eigenvalue weighted by Gasteiger charge is -2.33. The fourth-order valence-corrected chi connectivity index (χ4v) is 5.43. The summed E-state index contributed by atoms with van der Waals surface area (Å²) in [7, 11) is 8.38. The lowest BCUT2D eigenvalue weighted by atomic mass is 10.0. The zero-order valence-electron chi connectivity index (χ0n) is 26.9. The number of nitrogens with one attached hydrogen (secondary N) is 1. The number of carbonyl (C=O) groups is 4. The third-order valence-electron chi connectivity index (χ3n) is 7.94. The quantitative estimate of drug-likeness (QED) is 0.222. The maximum absolute atomic E-state index is 14.4. The molecule has 0 aromatic heterocycles. The number of amides is 3. The van der Waals surface area contributed by atoms with Gasteiger partial charge < -0.3 is 29.3 Å². The second kappa shape index (κ2) is 14.1. The van der Waals surface area contributed by atoms with Gasteiger partial charge in [-0.3, -0.25) is 24.1 Å². The lowest BCUT2D eigenvalue weighted by Crippen LogP contribution is -2.46. The van der Waals surface area contributed by atoms with Crippen molar-refractivity contribution in [3.05, 3.63) is 108 Å². The van der Waals surface area contributed by atoms with E-state index in [1.54, 1.807) is 86.0 Å². The highest BCUT2D eigenvalue weighted by atomic mass is 16.5. The molecular weight excluding hydrogens is 600 g/mol. The lowest BCUT2D eigenvalue weighted by molar-refractivity contribution is -0.139. The van der Waals surface area contributed by atoms with Gasteiger partial charge in [0.2, 0.25) is 5.91 Å². The van der Waals surface area contributed by atoms with Crippen molar-refractivity contribution in [2.75, 3.05) is 57.1 Å². The Morgan fingerprint density at radius 1 is 0.809 bits per heavy atom. The molecule has 11 heteroatoms. The summed E-state index contributed by atoms with van der Waals surface area (Å²) in [6, 6.07) is 24.7. The molecule has 11 nitrogen and oxygen atoms in total. The first-order valence-corrected chi connectivity index (χ1v) is 14.8. The molecule has 4 aromatic rings. The van der Waals surface area contributed by atoms with Crippen LogP contribution in [0.3, 0.4) is 0 Å². The SMILES string of the molecule is COc1ccc(CN(C(=O)CN2C(=O)C(=O)c3ccccc32)[C@@H](C(=O)Nc2ccc(N(C)C)cc2)c2ccc(OC)c(OC)c2)cc1. The number of rotatable bonds is 12. The van der Waals surface area contributed by atoms with Crippen LogP contribution in [0.15, 0.2) is 91.0 Å². The predicted molar refractivity (Wildman–Crippen MR) is 178 cm³/mol. The van der Waals surface area contributed by atoms with Crippen molar-refractivity contribution >= 4 is 40.6 Å². The summed E-state index contributed by atoms with van der Waals surface area (Å²) in [5.41, 5.74) is 3.18. The van der Waals surface area contributed by atoms with Crippen molar-refractivity contribution in [1.82, 2.24) is 4.90 Å². The molecule has 1 N–H and O–H groups in total. The summed E-state index contributed by atoms with van der Waals surface area (Å²) in [5.74, 6) is -1.12. The second-order valence-electron chi connectivity index (χ2n) is 11.1. The zero-order chi connectivity index (χ0) is 33.7. The van der Waals surface area contributed by atoms with Crippen LogP contribution in [-0.4, -0.2) is 70.4 Å². The minimum absolute atomic E-state index is 0.00749. The van der Waals surface area contributed by atoms with Gasteiger partial charge in [0, 0.05) is 32.0 Å². The molecule has 0 saturated heterocycles. The van der Waals surface area contributed by atoms with Gasteiger partial charge in [-0.2, -0.15) is 0 Å². The second-order valence-corrected chi connectivity index (χ2v) is 11.1. The van der Waals surface area contributed by atoms with Gasteiger partial charge in [-0.15, -0.1) is 0 Å². The summed E-state index contributed by atoms with van der Waals surface area (Å²) in [6.07, 6.45) is 0. The monoisotopic (exact) mass is 636 g/mol. The van der Waals surface area contributed by atoms with Crippen molar-refractivity contribution in [1.29, 1.82) is 0 Å². The molecule has 5 rings (SSSR count). The Bertz CT molecular complexity index is 1790. The number of methoxy groups -OCH3 is 3. The van der Waals surface area contributed by atoms with Crippen molar-refractivity contribution in [3.63, 3.8) is 0 Å². The van der Waals surface area contributed by atoms with Gasteiger partial charge in [0.1, 0.15) is 18.3 Å². The average Bonchev–Trinajstić information content (AvgIpc) is 3.33. The maximum atomic E-state index is 14.4. The number of anilines is 3. The van der Waals surface area contributed by atoms with E-state index in [0.29, 0.717) is 39.8 Å². The van der Waals surface area contributed by atoms with Gasteiger partial charge in [-0.25, -0.2) is 0 Å². The van der Waals surface area contributed by atoms with E-state index in [0.717, 1.165) is 10.6 Å². The summed E-state index contributed by atoms with van der Waals surface area (Å²) >= 11 is 0. The molecule has 1 aliphatic rings. The molecule has 1 heterocycles. The normalized spacial score (nSPS) is 12.7. The van der Waals surface area contributed by atoms with Crippen LogP contribution in [0.2, 0.25) is 0 Å². The van der Waals surface area contributed by atoms with Crippen LogP contribution in [0.25, 0.3) is 0 Å². The molecule has 0 bridgehead atoms. The van der Waals surface area contributed by atoms with Crippen LogP contribution in [0.1, 0.15) is 27.5 Å². The third-order valence-corrected chi connectivity index (χ3v) is 7.94. The van der Waals surface area contributed by atoms with Crippen LogP contribution in [-0.2, 0) is 20.9 Å². The zero-order valence-corrected chi connectivity index (χ0v) is 26.9. The number of carbonyl (C=O) groups excluding carboxylic acids is 4. The van der Waals surface area contributed by atoms with Crippen LogP contribution in [0, 0.1) is 0 Å². The van der Waals surface area contributed by atoms with Crippen LogP contribution in [0.4, 0.5) is 17.1 Å². The number of benzene rings is 4. The van der Waals surface area contributed by atoms with E-state index in [9.17, 15) is 19.2 Å². The number of fused-ring (bicyclic) bond motifs is 1. The van der Waals surface area contributed by atoms with E-state index in [4.69, 9.17) is 14.2 Å². The first-order valence-electron chi connectivity index (χ1n) is 14.8. The Hall–Kier alpha value is -5.84. The highest BCUT2D eigenvalue weighted by Crippen LogP contribution is 2.35. The van der Waals surface area contributed by atoms with Gasteiger partial charge in [-0.1, -0.05) is 30.3 Å². The van der Waals surface area contributed by atoms with Gasteiger partial charge in [-0.05, 0) is 71.8 Å². The van der Waals surface area contributed by atoms with Crippen LogP contribution >= 0.6 is 0 Å². The molecule has 0 radical (unpaired) electrons. The predicted octanol–water partition coefficient (Wildman–Crippen LogP) is 4.72. The molecule has 0 fully saturated rings. The number of Topliss-reactive ketones (excluding diaryl/α,β-unsaturated/α-hetero) is 1. The van der Waals surface area contributed by atoms with Gasteiger partial charge in [0.05, 0.1) is 32.6 Å². The third kappa shape index (κ3) is 6.89. The fourth-order valence-electron chi connectivity index (χ4n) is 5.43. The Labute approximate surface area is 273 Å². The standard InChI is InChI=1S/C36H36N4O7/c1-38(2)26-15-13-25(14-16-26)37-35(43)33(24-12-19-30(46-4)31(20-24)47-5)40(21-23-10-17-27(45-3)18-11-23)32(41)22-39-29-9-7-6-8-28(29)34(42)36(39)44/h6-20,33H,21-22H2,1-5H3,(H,37,43)/t33-/m1/s1. The summed E-state index contributed by atoms with van der Waals surface area (Å²) < 4.78 is 16.3. The maximum Gasteiger partial charge on any atom is 0.299 e. The summed E-state index contributed by atoms with van der Waals surface area (Å²) in [4.78, 5) is 59.1. The highest BCUT2D eigenvalue weighted by Gasteiger charge is 2.39. The molecule has 1 atom stereocenters. The molecule has 47 heavy (non-hydrogen) atoms. The Balaban J connectivity index is 1.59. The first kappa shape index (κ1) is 32.6. The smallest absolute Gasteiger partial charge is 0.299 e. The van der Waals surface area contributed by atoms with Crippen molar-refractivity contribution in [2.45, 2.75) is 12.6 Å².